The van der Waals surface area contributed by atoms with Crippen molar-refractivity contribution in [3.8, 4) is 0 Å². The number of aromatic nitrogens is 1. The molecule has 166 valence electrons. The van der Waals surface area contributed by atoms with Gasteiger partial charge in [-0.25, -0.2) is 26.3 Å². The molecule has 0 bridgehead atoms. The van der Waals surface area contributed by atoms with E-state index < -0.39 is 27.6 Å². The summed E-state index contributed by atoms with van der Waals surface area (Å²) in [5.41, 5.74) is 1.16. The Hall–Kier alpha value is -3.30. The number of carbonyl (C=O) groups is 1. The van der Waals surface area contributed by atoms with Gasteiger partial charge in [0.25, 0.3) is 0 Å². The molecule has 0 radical (unpaired) electrons. The molecule has 0 amide bonds. The predicted molar refractivity (Wildman–Crippen MR) is 118 cm³/mol. The fourth-order valence-corrected chi connectivity index (χ4v) is 4.29. The van der Waals surface area contributed by atoms with E-state index in [0.717, 1.165) is 15.9 Å². The van der Waals surface area contributed by atoms with Crippen molar-refractivity contribution < 1.29 is 27.1 Å². The number of rotatable bonds is 6. The molecule has 0 spiro atoms. The Kier molecular flexibility index (Phi) is 5.47. The monoisotopic (exact) mass is 458 g/mol. The van der Waals surface area contributed by atoms with Gasteiger partial charge in [-0.15, -0.1) is 0 Å². The van der Waals surface area contributed by atoms with E-state index in [2.05, 4.69) is 0 Å². The van der Waals surface area contributed by atoms with E-state index in [1.807, 2.05) is 6.07 Å². The van der Waals surface area contributed by atoms with Gasteiger partial charge in [-0.1, -0.05) is 24.3 Å². The Morgan fingerprint density at radius 1 is 1.03 bits per heavy atom. The number of carboxylic acids is 1. The van der Waals surface area contributed by atoms with Crippen molar-refractivity contribution in [2.24, 2.45) is 0 Å². The summed E-state index contributed by atoms with van der Waals surface area (Å²) in [6, 6.07) is 13.6. The van der Waals surface area contributed by atoms with E-state index in [0.29, 0.717) is 21.9 Å². The van der Waals surface area contributed by atoms with E-state index in [1.54, 1.807) is 18.2 Å². The van der Waals surface area contributed by atoms with E-state index in [4.69, 9.17) is 0 Å². The first-order valence-electron chi connectivity index (χ1n) is 9.68. The molecule has 0 atom stereocenters. The summed E-state index contributed by atoms with van der Waals surface area (Å²) in [5, 5.41) is 11.8. The number of aromatic carboxylic acids is 1. The third-order valence-corrected chi connectivity index (χ3v) is 6.80. The van der Waals surface area contributed by atoms with E-state index in [9.17, 15) is 27.1 Å². The number of hydrogen-bond donors (Lipinski definition) is 1. The van der Waals surface area contributed by atoms with Crippen molar-refractivity contribution >= 4 is 37.7 Å². The van der Waals surface area contributed by atoms with Crippen LogP contribution in [0.15, 0.2) is 54.6 Å². The highest BCUT2D eigenvalue weighted by molar-refractivity contribution is 7.88. The summed E-state index contributed by atoms with van der Waals surface area (Å²) in [6.45, 7) is -0.162. The normalized spacial score (nSPS) is 12.2. The second kappa shape index (κ2) is 7.99. The van der Waals surface area contributed by atoms with Gasteiger partial charge in [0.05, 0.1) is 6.26 Å². The average Bonchev–Trinajstić information content (AvgIpc) is 3.00. The van der Waals surface area contributed by atoms with Crippen LogP contribution >= 0.6 is 0 Å². The van der Waals surface area contributed by atoms with Crippen LogP contribution < -0.4 is 0 Å². The average molecular weight is 458 g/mol. The fraction of sp³-hybridized carbons (Fsp3) is 0.174. The molecule has 1 heterocycles. The van der Waals surface area contributed by atoms with Gasteiger partial charge in [0.2, 0.25) is 10.0 Å². The maximum Gasteiger partial charge on any atom is 0.352 e. The molecule has 0 saturated heterocycles. The largest absolute Gasteiger partial charge is 0.477 e. The minimum Gasteiger partial charge on any atom is -0.477 e. The molecule has 0 unspecified atom stereocenters. The van der Waals surface area contributed by atoms with E-state index >= 15 is 0 Å². The highest BCUT2D eigenvalue weighted by Gasteiger charge is 2.26. The molecule has 3 aromatic carbocycles. The molecule has 32 heavy (non-hydrogen) atoms. The summed E-state index contributed by atoms with van der Waals surface area (Å²) < 4.78 is 54.4. The number of sulfonamides is 1. The molecule has 4 rings (SSSR count). The van der Waals surface area contributed by atoms with Crippen molar-refractivity contribution in [3.63, 3.8) is 0 Å². The Morgan fingerprint density at radius 3 is 2.34 bits per heavy atom. The molecule has 0 fully saturated rings. The van der Waals surface area contributed by atoms with Crippen LogP contribution in [0.1, 0.15) is 21.6 Å². The molecule has 1 aromatic heterocycles. The molecule has 0 aliphatic rings. The van der Waals surface area contributed by atoms with Gasteiger partial charge in [-0.3, -0.25) is 0 Å². The van der Waals surface area contributed by atoms with Crippen LogP contribution in [0.25, 0.3) is 21.7 Å². The summed E-state index contributed by atoms with van der Waals surface area (Å²) in [6.07, 6.45) is 1.01. The number of halogens is 2. The smallest absolute Gasteiger partial charge is 0.352 e. The van der Waals surface area contributed by atoms with Crippen LogP contribution in [0.3, 0.4) is 0 Å². The lowest BCUT2D eigenvalue weighted by molar-refractivity contribution is 0.0684. The molecule has 6 nitrogen and oxygen atoms in total. The number of fused-ring (bicyclic) bond motifs is 2. The summed E-state index contributed by atoms with van der Waals surface area (Å²) in [7, 11) is -2.28. The standard InChI is InChI=1S/C23H20F2N2O4S/c1-26(32(2,30)31)13-20-19-11-17(25)8-9-21(19)27(22(20)23(28)29)12-15-5-3-4-14-6-7-16(24)10-18(14)15/h3-11H,12-13H2,1-2H3,(H,28,29). The second-order valence-corrected chi connectivity index (χ2v) is 9.77. The molecule has 9 heteroatoms. The fourth-order valence-electron chi connectivity index (χ4n) is 3.92. The predicted octanol–water partition coefficient (Wildman–Crippen LogP) is 4.21. The minimum atomic E-state index is -3.61. The van der Waals surface area contributed by atoms with Crippen LogP contribution in [-0.4, -0.2) is 41.7 Å². The van der Waals surface area contributed by atoms with Crippen LogP contribution in [0, 0.1) is 11.6 Å². The number of carboxylic acid groups (broad SMARTS) is 1. The van der Waals surface area contributed by atoms with Crippen molar-refractivity contribution in [3.05, 3.63) is 83.1 Å². The Labute approximate surface area is 183 Å². The molecule has 1 N–H and O–H groups in total. The van der Waals surface area contributed by atoms with Crippen LogP contribution in [-0.2, 0) is 23.1 Å². The maximum absolute atomic E-state index is 14.1. The first kappa shape index (κ1) is 21.9. The third-order valence-electron chi connectivity index (χ3n) is 5.54. The van der Waals surface area contributed by atoms with Crippen molar-refractivity contribution in [2.75, 3.05) is 13.3 Å². The zero-order valence-corrected chi connectivity index (χ0v) is 18.2. The Balaban J connectivity index is 1.97. The first-order chi connectivity index (χ1) is 15.1. The lowest BCUT2D eigenvalue weighted by atomic mass is 10.0. The SMILES string of the molecule is CN(Cc1c(C(=O)O)n(Cc2cccc3ccc(F)cc23)c2ccc(F)cc12)S(C)(=O)=O. The topological polar surface area (TPSA) is 79.6 Å². The highest BCUT2D eigenvalue weighted by atomic mass is 32.2. The van der Waals surface area contributed by atoms with Crippen molar-refractivity contribution in [1.29, 1.82) is 0 Å². The van der Waals surface area contributed by atoms with Crippen LogP contribution in [0.4, 0.5) is 8.78 Å². The zero-order chi connectivity index (χ0) is 23.2. The number of nitrogens with zero attached hydrogens (tertiary/aromatic N) is 2. The molecule has 0 saturated carbocycles. The molecule has 0 aliphatic carbocycles. The molecule has 0 aliphatic heterocycles. The summed E-state index contributed by atoms with van der Waals surface area (Å²) in [4.78, 5) is 12.3. The molecule has 4 aromatic rings. The van der Waals surface area contributed by atoms with Gasteiger partial charge >= 0.3 is 5.97 Å². The van der Waals surface area contributed by atoms with E-state index in [-0.39, 0.29) is 24.3 Å². The maximum atomic E-state index is 14.1. The van der Waals surface area contributed by atoms with Crippen molar-refractivity contribution in [1.82, 2.24) is 8.87 Å². The Morgan fingerprint density at radius 2 is 1.69 bits per heavy atom. The lowest BCUT2D eigenvalue weighted by Gasteiger charge is -2.15. The first-order valence-corrected chi connectivity index (χ1v) is 11.5. The lowest BCUT2D eigenvalue weighted by Crippen LogP contribution is -2.26. The number of hydrogen-bond acceptors (Lipinski definition) is 3. The number of benzene rings is 3. The zero-order valence-electron chi connectivity index (χ0n) is 17.3. The summed E-state index contributed by atoms with van der Waals surface area (Å²) >= 11 is 0. The van der Waals surface area contributed by atoms with Gasteiger partial charge in [0.1, 0.15) is 17.3 Å². The molecular formula is C23H20F2N2O4S. The van der Waals surface area contributed by atoms with E-state index in [1.165, 1.54) is 41.9 Å². The Bertz CT molecular complexity index is 1480. The highest BCUT2D eigenvalue weighted by Crippen LogP contribution is 2.31. The van der Waals surface area contributed by atoms with Gasteiger partial charge < -0.3 is 9.67 Å². The van der Waals surface area contributed by atoms with Crippen molar-refractivity contribution in [2.45, 2.75) is 13.1 Å². The van der Waals surface area contributed by atoms with Gasteiger partial charge in [0.15, 0.2) is 0 Å². The van der Waals surface area contributed by atoms with Gasteiger partial charge in [-0.05, 0) is 46.7 Å². The van der Waals surface area contributed by atoms with Crippen LogP contribution in [0.5, 0.6) is 0 Å². The van der Waals surface area contributed by atoms with Gasteiger partial charge in [0, 0.05) is 36.6 Å². The van der Waals surface area contributed by atoms with Crippen LogP contribution in [0.2, 0.25) is 0 Å². The van der Waals surface area contributed by atoms with Gasteiger partial charge in [-0.2, -0.15) is 0 Å². The summed E-state index contributed by atoms with van der Waals surface area (Å²) in [5.74, 6) is -2.26. The minimum absolute atomic E-state index is 0.0765. The third kappa shape index (κ3) is 3.96. The second-order valence-electron chi connectivity index (χ2n) is 7.68. The molecular weight excluding hydrogens is 438 g/mol. The quantitative estimate of drug-likeness (QED) is 0.470.